The zero-order valence-electron chi connectivity index (χ0n) is 10.7. The molecule has 3 heterocycles. The molecule has 4 N–H and O–H groups in total. The predicted octanol–water partition coefficient (Wildman–Crippen LogP) is -1.89. The molecule has 0 aromatic carbocycles. The van der Waals surface area contributed by atoms with E-state index in [-0.39, 0.29) is 29.2 Å². The molecule has 1 fully saturated rings. The third kappa shape index (κ3) is 2.38. The van der Waals surface area contributed by atoms with Crippen LogP contribution in [0.4, 0.5) is 0 Å². The average molecular weight is 315 g/mol. The lowest BCUT2D eigenvalue weighted by atomic mass is 10.2. The van der Waals surface area contributed by atoms with E-state index in [0.717, 1.165) is 6.33 Å². The summed E-state index contributed by atoms with van der Waals surface area (Å²) in [7, 11) is -4.02. The predicted molar refractivity (Wildman–Crippen MR) is 68.3 cm³/mol. The largest absolute Gasteiger partial charge is 0.394 e. The maximum Gasteiger partial charge on any atom is 0.257 e. The molecule has 21 heavy (non-hydrogen) atoms. The highest BCUT2D eigenvalue weighted by atomic mass is 32.2. The van der Waals surface area contributed by atoms with Crippen molar-refractivity contribution in [3.05, 3.63) is 12.7 Å². The molecule has 0 unspecified atom stereocenters. The van der Waals surface area contributed by atoms with Gasteiger partial charge in [-0.1, -0.05) is 0 Å². The van der Waals surface area contributed by atoms with Crippen LogP contribution in [-0.2, 0) is 14.8 Å². The van der Waals surface area contributed by atoms with Gasteiger partial charge in [0, 0.05) is 6.42 Å². The number of aliphatic hydroxyl groups excluding tert-OH is 2. The average Bonchev–Trinajstić information content (AvgIpc) is 3.00. The molecule has 3 rings (SSSR count). The number of ether oxygens (including phenoxy) is 1. The van der Waals surface area contributed by atoms with Crippen molar-refractivity contribution in [3.63, 3.8) is 0 Å². The number of fused-ring (bicyclic) bond motifs is 1. The lowest BCUT2D eigenvalue weighted by Gasteiger charge is -2.13. The Morgan fingerprint density at radius 1 is 1.43 bits per heavy atom. The number of nitrogens with two attached hydrogens (primary N) is 1. The van der Waals surface area contributed by atoms with E-state index < -0.39 is 28.5 Å². The van der Waals surface area contributed by atoms with Crippen LogP contribution in [-0.4, -0.2) is 57.0 Å². The molecule has 2 aromatic rings. The summed E-state index contributed by atoms with van der Waals surface area (Å²) in [5.41, 5.74) is 0.260. The van der Waals surface area contributed by atoms with Gasteiger partial charge in [-0.15, -0.1) is 0 Å². The summed E-state index contributed by atoms with van der Waals surface area (Å²) in [4.78, 5) is 11.6. The van der Waals surface area contributed by atoms with Crippen molar-refractivity contribution in [2.45, 2.75) is 29.9 Å². The second-order valence-electron chi connectivity index (χ2n) is 4.66. The van der Waals surface area contributed by atoms with E-state index in [1.165, 1.54) is 10.9 Å². The fourth-order valence-corrected chi connectivity index (χ4v) is 2.91. The number of hydrogen-bond acceptors (Lipinski definition) is 8. The Kier molecular flexibility index (Phi) is 3.37. The summed E-state index contributed by atoms with van der Waals surface area (Å²) in [6.07, 6.45) is 0.500. The number of sulfonamides is 1. The molecular formula is C10H13N5O5S. The fourth-order valence-electron chi connectivity index (χ4n) is 2.30. The SMILES string of the molecule is NS(=O)(=O)c1ncnc2c1ncn2[C@H]1C[C@H](O)[C@@H](CO)O1. The van der Waals surface area contributed by atoms with Crippen LogP contribution in [0.25, 0.3) is 11.2 Å². The molecular weight excluding hydrogens is 302 g/mol. The van der Waals surface area contributed by atoms with Crippen LogP contribution in [0.3, 0.4) is 0 Å². The normalized spacial score (nSPS) is 26.5. The molecule has 114 valence electrons. The van der Waals surface area contributed by atoms with Crippen molar-refractivity contribution in [1.82, 2.24) is 19.5 Å². The van der Waals surface area contributed by atoms with E-state index in [1.54, 1.807) is 0 Å². The van der Waals surface area contributed by atoms with Crippen molar-refractivity contribution < 1.29 is 23.4 Å². The van der Waals surface area contributed by atoms with Crippen LogP contribution in [0, 0.1) is 0 Å². The van der Waals surface area contributed by atoms with Gasteiger partial charge in [-0.05, 0) is 0 Å². The molecule has 0 radical (unpaired) electrons. The minimum absolute atomic E-state index is 0.0329. The Balaban J connectivity index is 2.07. The van der Waals surface area contributed by atoms with Crippen molar-refractivity contribution in [2.75, 3.05) is 6.61 Å². The maximum atomic E-state index is 11.5. The van der Waals surface area contributed by atoms with E-state index in [2.05, 4.69) is 15.0 Å². The van der Waals surface area contributed by atoms with Crippen LogP contribution < -0.4 is 5.14 Å². The van der Waals surface area contributed by atoms with Gasteiger partial charge in [0.25, 0.3) is 10.0 Å². The lowest BCUT2D eigenvalue weighted by molar-refractivity contribution is -0.0432. The minimum Gasteiger partial charge on any atom is -0.394 e. The van der Waals surface area contributed by atoms with Gasteiger partial charge in [-0.2, -0.15) is 0 Å². The highest BCUT2D eigenvalue weighted by Crippen LogP contribution is 2.31. The van der Waals surface area contributed by atoms with E-state index in [9.17, 15) is 13.5 Å². The molecule has 1 saturated heterocycles. The Bertz CT molecular complexity index is 775. The fraction of sp³-hybridized carbons (Fsp3) is 0.500. The summed E-state index contributed by atoms with van der Waals surface area (Å²) in [6.45, 7) is -0.318. The Morgan fingerprint density at radius 3 is 2.81 bits per heavy atom. The van der Waals surface area contributed by atoms with Crippen LogP contribution in [0.1, 0.15) is 12.6 Å². The first-order valence-electron chi connectivity index (χ1n) is 6.06. The first kappa shape index (κ1) is 14.3. The second kappa shape index (κ2) is 4.96. The number of nitrogens with zero attached hydrogens (tertiary/aromatic N) is 4. The number of aliphatic hydroxyl groups is 2. The van der Waals surface area contributed by atoms with Crippen molar-refractivity contribution >= 4 is 21.2 Å². The van der Waals surface area contributed by atoms with Crippen molar-refractivity contribution in [2.24, 2.45) is 5.14 Å². The van der Waals surface area contributed by atoms with Crippen LogP contribution >= 0.6 is 0 Å². The molecule has 0 spiro atoms. The first-order valence-corrected chi connectivity index (χ1v) is 7.61. The summed E-state index contributed by atoms with van der Waals surface area (Å²) in [5, 5.41) is 23.5. The monoisotopic (exact) mass is 315 g/mol. The number of imidazole rings is 1. The van der Waals surface area contributed by atoms with Gasteiger partial charge in [-0.3, -0.25) is 4.57 Å². The van der Waals surface area contributed by atoms with Crippen LogP contribution in [0.2, 0.25) is 0 Å². The third-order valence-electron chi connectivity index (χ3n) is 3.29. The van der Waals surface area contributed by atoms with E-state index in [0.29, 0.717) is 0 Å². The number of aromatic nitrogens is 4. The Hall–Kier alpha value is -1.66. The van der Waals surface area contributed by atoms with Crippen LogP contribution in [0.15, 0.2) is 17.7 Å². The van der Waals surface area contributed by atoms with Gasteiger partial charge >= 0.3 is 0 Å². The van der Waals surface area contributed by atoms with Gasteiger partial charge < -0.3 is 14.9 Å². The second-order valence-corrected chi connectivity index (χ2v) is 6.14. The van der Waals surface area contributed by atoms with Gasteiger partial charge in [0.2, 0.25) is 5.03 Å². The minimum atomic E-state index is -4.02. The molecule has 10 nitrogen and oxygen atoms in total. The highest BCUT2D eigenvalue weighted by molar-refractivity contribution is 7.89. The number of rotatable bonds is 3. The van der Waals surface area contributed by atoms with Gasteiger partial charge in [0.15, 0.2) is 5.65 Å². The van der Waals surface area contributed by atoms with Crippen LogP contribution in [0.5, 0.6) is 0 Å². The summed E-state index contributed by atoms with van der Waals surface area (Å²) in [6, 6.07) is 0. The maximum absolute atomic E-state index is 11.5. The zero-order chi connectivity index (χ0) is 15.2. The van der Waals surface area contributed by atoms with Gasteiger partial charge in [0.1, 0.15) is 24.2 Å². The van der Waals surface area contributed by atoms with E-state index in [1.807, 2.05) is 0 Å². The summed E-state index contributed by atoms with van der Waals surface area (Å²) < 4.78 is 29.9. The van der Waals surface area contributed by atoms with Crippen molar-refractivity contribution in [1.29, 1.82) is 0 Å². The quantitative estimate of drug-likeness (QED) is 0.556. The molecule has 0 bridgehead atoms. The molecule has 1 aliphatic rings. The smallest absolute Gasteiger partial charge is 0.257 e. The Labute approximate surface area is 119 Å². The topological polar surface area (TPSA) is 153 Å². The molecule has 0 saturated carbocycles. The molecule has 11 heteroatoms. The first-order chi connectivity index (χ1) is 9.91. The molecule has 1 aliphatic heterocycles. The standard InChI is InChI=1S/C10H13N5O5S/c11-21(18,19)10-8-9(12-3-13-10)15(4-14-8)7-1-5(17)6(2-16)20-7/h3-7,16-17H,1-2H2,(H2,11,18,19)/t5-,6+,7+/m0/s1. The van der Waals surface area contributed by atoms with Gasteiger partial charge in [0.05, 0.1) is 19.0 Å². The lowest BCUT2D eigenvalue weighted by Crippen LogP contribution is -2.24. The number of hydrogen-bond donors (Lipinski definition) is 3. The molecule has 0 amide bonds. The van der Waals surface area contributed by atoms with Gasteiger partial charge in [-0.25, -0.2) is 28.5 Å². The summed E-state index contributed by atoms with van der Waals surface area (Å²) >= 11 is 0. The van der Waals surface area contributed by atoms with Crippen molar-refractivity contribution in [3.8, 4) is 0 Å². The van der Waals surface area contributed by atoms with E-state index >= 15 is 0 Å². The van der Waals surface area contributed by atoms with E-state index in [4.69, 9.17) is 15.0 Å². The molecule has 0 aliphatic carbocycles. The third-order valence-corrected chi connectivity index (χ3v) is 4.13. The highest BCUT2D eigenvalue weighted by Gasteiger charge is 2.35. The molecule has 2 aromatic heterocycles. The summed E-state index contributed by atoms with van der Waals surface area (Å²) in [5.74, 6) is 0. The Morgan fingerprint density at radius 2 is 2.19 bits per heavy atom. The molecule has 3 atom stereocenters. The zero-order valence-corrected chi connectivity index (χ0v) is 11.5. The number of primary sulfonamides is 1.